The zero-order valence-corrected chi connectivity index (χ0v) is 6.34. The van der Waals surface area contributed by atoms with Gasteiger partial charge in [-0.15, -0.1) is 0 Å². The molecule has 0 unspecified atom stereocenters. The number of nitro groups is 1. The standard InChI is InChI=1S/C6H6ClNO3/c1-4(9)3-6(5(2)7)8(10)11/h3,9H,1-2H2/b6-3+. The van der Waals surface area contributed by atoms with E-state index in [1.54, 1.807) is 0 Å². The van der Waals surface area contributed by atoms with Gasteiger partial charge >= 0.3 is 0 Å². The molecule has 0 spiro atoms. The Labute approximate surface area is 68.2 Å². The van der Waals surface area contributed by atoms with Crippen molar-refractivity contribution in [3.05, 3.63) is 45.8 Å². The fraction of sp³-hybridized carbons (Fsp3) is 0. The molecule has 5 heteroatoms. The molecule has 60 valence electrons. The molecule has 0 heterocycles. The molecular weight excluding hydrogens is 170 g/mol. The lowest BCUT2D eigenvalue weighted by atomic mass is 10.3. The smallest absolute Gasteiger partial charge is 0.290 e. The monoisotopic (exact) mass is 175 g/mol. The minimum atomic E-state index is -0.753. The summed E-state index contributed by atoms with van der Waals surface area (Å²) < 4.78 is 0. The van der Waals surface area contributed by atoms with Gasteiger partial charge in [-0.2, -0.15) is 0 Å². The first-order valence-corrected chi connectivity index (χ1v) is 2.91. The van der Waals surface area contributed by atoms with E-state index in [9.17, 15) is 10.1 Å². The predicted octanol–water partition coefficient (Wildman–Crippen LogP) is 1.97. The van der Waals surface area contributed by atoms with Crippen LogP contribution in [-0.4, -0.2) is 10.0 Å². The van der Waals surface area contributed by atoms with Gasteiger partial charge in [0, 0.05) is 0 Å². The van der Waals surface area contributed by atoms with Crippen molar-refractivity contribution in [2.24, 2.45) is 0 Å². The van der Waals surface area contributed by atoms with Gasteiger partial charge in [0.2, 0.25) is 0 Å². The molecule has 0 saturated heterocycles. The zero-order valence-electron chi connectivity index (χ0n) is 5.58. The van der Waals surface area contributed by atoms with Crippen molar-refractivity contribution in [3.8, 4) is 0 Å². The highest BCUT2D eigenvalue weighted by Gasteiger charge is 2.12. The van der Waals surface area contributed by atoms with Crippen LogP contribution in [0.1, 0.15) is 0 Å². The highest BCUT2D eigenvalue weighted by molar-refractivity contribution is 6.31. The van der Waals surface area contributed by atoms with E-state index in [1.165, 1.54) is 0 Å². The van der Waals surface area contributed by atoms with Gasteiger partial charge in [0.15, 0.2) is 0 Å². The molecule has 0 amide bonds. The molecule has 0 aliphatic rings. The Kier molecular flexibility index (Phi) is 3.33. The normalized spacial score (nSPS) is 10.8. The van der Waals surface area contributed by atoms with Crippen LogP contribution in [-0.2, 0) is 0 Å². The van der Waals surface area contributed by atoms with Crippen LogP contribution in [0.3, 0.4) is 0 Å². The Bertz CT molecular complexity index is 228. The largest absolute Gasteiger partial charge is 0.508 e. The van der Waals surface area contributed by atoms with Crippen LogP contribution in [0, 0.1) is 10.1 Å². The molecule has 0 aliphatic heterocycles. The van der Waals surface area contributed by atoms with Crippen LogP contribution >= 0.6 is 11.6 Å². The zero-order chi connectivity index (χ0) is 9.02. The topological polar surface area (TPSA) is 63.4 Å². The molecule has 0 aromatic heterocycles. The Morgan fingerprint density at radius 1 is 1.64 bits per heavy atom. The molecule has 0 radical (unpaired) electrons. The van der Waals surface area contributed by atoms with E-state index in [4.69, 9.17) is 16.7 Å². The summed E-state index contributed by atoms with van der Waals surface area (Å²) in [6.07, 6.45) is 0.829. The van der Waals surface area contributed by atoms with E-state index < -0.39 is 16.4 Å². The summed E-state index contributed by atoms with van der Waals surface area (Å²) in [6, 6.07) is 0. The fourth-order valence-electron chi connectivity index (χ4n) is 0.388. The Hall–Kier alpha value is -1.29. The highest BCUT2D eigenvalue weighted by atomic mass is 35.5. The molecule has 0 aliphatic carbocycles. The van der Waals surface area contributed by atoms with Gasteiger partial charge < -0.3 is 5.11 Å². The summed E-state index contributed by atoms with van der Waals surface area (Å²) in [5, 5.41) is 18.4. The molecule has 4 nitrogen and oxygen atoms in total. The number of aliphatic hydroxyl groups is 1. The number of nitrogens with zero attached hydrogens (tertiary/aromatic N) is 1. The summed E-state index contributed by atoms with van der Waals surface area (Å²) in [6.45, 7) is 6.17. The molecule has 11 heavy (non-hydrogen) atoms. The van der Waals surface area contributed by atoms with E-state index in [-0.39, 0.29) is 5.03 Å². The van der Waals surface area contributed by atoms with Gasteiger partial charge in [0.05, 0.1) is 11.0 Å². The van der Waals surface area contributed by atoms with E-state index in [1.807, 2.05) is 0 Å². The summed E-state index contributed by atoms with van der Waals surface area (Å²) in [7, 11) is 0. The van der Waals surface area contributed by atoms with Crippen LogP contribution in [0.25, 0.3) is 0 Å². The summed E-state index contributed by atoms with van der Waals surface area (Å²) in [5.74, 6) is -0.432. The van der Waals surface area contributed by atoms with Crippen LogP contribution in [0.5, 0.6) is 0 Å². The van der Waals surface area contributed by atoms with Crippen LogP contribution in [0.4, 0.5) is 0 Å². The number of aliphatic hydroxyl groups excluding tert-OH is 1. The average molecular weight is 176 g/mol. The second-order valence-electron chi connectivity index (χ2n) is 1.68. The second-order valence-corrected chi connectivity index (χ2v) is 2.14. The fourth-order valence-corrected chi connectivity index (χ4v) is 0.511. The van der Waals surface area contributed by atoms with E-state index in [0.717, 1.165) is 6.08 Å². The van der Waals surface area contributed by atoms with Crippen molar-refractivity contribution < 1.29 is 10.0 Å². The molecule has 0 aromatic carbocycles. The summed E-state index contributed by atoms with van der Waals surface area (Å²) in [4.78, 5) is 9.36. The van der Waals surface area contributed by atoms with E-state index >= 15 is 0 Å². The first-order chi connectivity index (χ1) is 4.95. The SMILES string of the molecule is C=C(O)/C=C(\C(=C)Cl)[N+](=O)[O-]. The first-order valence-electron chi connectivity index (χ1n) is 2.54. The van der Waals surface area contributed by atoms with Gasteiger partial charge in [-0.3, -0.25) is 10.1 Å². The Morgan fingerprint density at radius 3 is 2.18 bits per heavy atom. The molecule has 0 bridgehead atoms. The van der Waals surface area contributed by atoms with Crippen LogP contribution in [0.2, 0.25) is 0 Å². The van der Waals surface area contributed by atoms with Crippen molar-refractivity contribution in [2.45, 2.75) is 0 Å². The molecule has 1 N–H and O–H groups in total. The predicted molar refractivity (Wildman–Crippen MR) is 41.8 cm³/mol. The van der Waals surface area contributed by atoms with Gasteiger partial charge in [-0.1, -0.05) is 24.8 Å². The Balaban J connectivity index is 4.75. The van der Waals surface area contributed by atoms with Crippen molar-refractivity contribution >= 4 is 11.6 Å². The quantitative estimate of drug-likeness (QED) is 0.309. The highest BCUT2D eigenvalue weighted by Crippen LogP contribution is 2.13. The van der Waals surface area contributed by atoms with Gasteiger partial charge in [-0.25, -0.2) is 0 Å². The van der Waals surface area contributed by atoms with Crippen LogP contribution in [0.15, 0.2) is 35.7 Å². The van der Waals surface area contributed by atoms with Crippen molar-refractivity contribution in [2.75, 3.05) is 0 Å². The second kappa shape index (κ2) is 3.78. The maximum atomic E-state index is 10.1. The number of allylic oxidation sites excluding steroid dienone is 2. The molecular formula is C6H6ClNO3. The van der Waals surface area contributed by atoms with E-state index in [2.05, 4.69) is 13.2 Å². The lowest BCUT2D eigenvalue weighted by molar-refractivity contribution is -0.419. The minimum absolute atomic E-state index is 0.245. The molecule has 0 aromatic rings. The van der Waals surface area contributed by atoms with Crippen molar-refractivity contribution in [1.29, 1.82) is 0 Å². The number of rotatable bonds is 3. The average Bonchev–Trinajstić information content (AvgIpc) is 1.81. The molecule has 0 saturated carbocycles. The summed E-state index contributed by atoms with van der Waals surface area (Å²) in [5.41, 5.74) is -0.459. The third kappa shape index (κ3) is 3.42. The number of hydrogen-bond acceptors (Lipinski definition) is 3. The van der Waals surface area contributed by atoms with Crippen LogP contribution < -0.4 is 0 Å². The Morgan fingerprint density at radius 2 is 2.09 bits per heavy atom. The van der Waals surface area contributed by atoms with E-state index in [0.29, 0.717) is 0 Å². The lowest BCUT2D eigenvalue weighted by Crippen LogP contribution is -1.98. The maximum absolute atomic E-state index is 10.1. The number of halogens is 1. The number of hydrogen-bond donors (Lipinski definition) is 1. The maximum Gasteiger partial charge on any atom is 0.290 e. The third-order valence-electron chi connectivity index (χ3n) is 0.778. The van der Waals surface area contributed by atoms with Crippen molar-refractivity contribution in [3.63, 3.8) is 0 Å². The lowest BCUT2D eigenvalue weighted by Gasteiger charge is -1.92. The third-order valence-corrected chi connectivity index (χ3v) is 0.972. The molecule has 0 atom stereocenters. The summed E-state index contributed by atoms with van der Waals surface area (Å²) >= 11 is 5.23. The van der Waals surface area contributed by atoms with Gasteiger partial charge in [0.1, 0.15) is 10.8 Å². The van der Waals surface area contributed by atoms with Gasteiger partial charge in [0.25, 0.3) is 5.70 Å². The first kappa shape index (κ1) is 9.71. The molecule has 0 rings (SSSR count). The van der Waals surface area contributed by atoms with Crippen molar-refractivity contribution in [1.82, 2.24) is 0 Å². The molecule has 0 fully saturated rings. The minimum Gasteiger partial charge on any atom is -0.508 e. The van der Waals surface area contributed by atoms with Gasteiger partial charge in [-0.05, 0) is 0 Å².